The minimum absolute atomic E-state index is 0.0443. The fraction of sp³-hybridized carbons (Fsp3) is 0.350. The minimum atomic E-state index is -0.0443. The van der Waals surface area contributed by atoms with Gasteiger partial charge in [-0.15, -0.1) is 0 Å². The number of ether oxygens (including phenoxy) is 3. The topological polar surface area (TPSA) is 61.2 Å². The molecule has 1 amide bonds. The van der Waals surface area contributed by atoms with Crippen LogP contribution in [0.25, 0.3) is 0 Å². The number of amides is 1. The van der Waals surface area contributed by atoms with Crippen LogP contribution in [-0.2, 0) is 22.7 Å². The second-order valence-electron chi connectivity index (χ2n) is 6.40. The highest BCUT2D eigenvalue weighted by Crippen LogP contribution is 2.31. The molecule has 0 saturated heterocycles. The maximum atomic E-state index is 12.4. The van der Waals surface area contributed by atoms with Gasteiger partial charge in [0.15, 0.2) is 13.3 Å². The lowest BCUT2D eigenvalue weighted by Gasteiger charge is -2.23. The summed E-state index contributed by atoms with van der Waals surface area (Å²) in [7, 11) is 1.61. The van der Waals surface area contributed by atoms with Crippen molar-refractivity contribution in [1.29, 1.82) is 0 Å². The van der Waals surface area contributed by atoms with E-state index in [-0.39, 0.29) is 12.7 Å². The molecule has 2 aromatic carbocycles. The Morgan fingerprint density at radius 1 is 1.30 bits per heavy atom. The highest BCUT2D eigenvalue weighted by atomic mass is 35.5. The van der Waals surface area contributed by atoms with Gasteiger partial charge in [-0.05, 0) is 43.3 Å². The zero-order valence-electron chi connectivity index (χ0n) is 15.5. The Morgan fingerprint density at radius 3 is 2.78 bits per heavy atom. The molecule has 1 aliphatic rings. The molecule has 0 saturated carbocycles. The van der Waals surface area contributed by atoms with E-state index in [1.54, 1.807) is 7.11 Å². The molecule has 3 rings (SSSR count). The van der Waals surface area contributed by atoms with E-state index in [0.717, 1.165) is 39.8 Å². The molecule has 1 unspecified atom stereocenters. The molecule has 7 heteroatoms. The van der Waals surface area contributed by atoms with Crippen molar-refractivity contribution in [2.75, 3.05) is 32.3 Å². The fourth-order valence-corrected chi connectivity index (χ4v) is 3.34. The van der Waals surface area contributed by atoms with Crippen LogP contribution in [0.4, 0.5) is 5.69 Å². The van der Waals surface area contributed by atoms with E-state index >= 15 is 0 Å². The number of carbonyl (C=O) groups is 1. The SMILES string of the molecule is CC[NH+](CC(=O)Nc1ccc(OC)cc1)Cc1cc(Cl)cc2c1OCOC2. The molecule has 0 aromatic heterocycles. The first-order valence-electron chi connectivity index (χ1n) is 8.88. The van der Waals surface area contributed by atoms with Crippen molar-refractivity contribution in [3.63, 3.8) is 0 Å². The quantitative estimate of drug-likeness (QED) is 0.760. The van der Waals surface area contributed by atoms with Crippen molar-refractivity contribution in [3.05, 3.63) is 52.5 Å². The van der Waals surface area contributed by atoms with Crippen molar-refractivity contribution in [1.82, 2.24) is 0 Å². The molecule has 1 heterocycles. The van der Waals surface area contributed by atoms with Gasteiger partial charge >= 0.3 is 0 Å². The predicted molar refractivity (Wildman–Crippen MR) is 103 cm³/mol. The number of anilines is 1. The molecule has 0 radical (unpaired) electrons. The van der Waals surface area contributed by atoms with Crippen LogP contribution in [0, 0.1) is 0 Å². The number of likely N-dealkylation sites (N-methyl/N-ethyl adjacent to an activating group) is 1. The number of hydrogen-bond acceptors (Lipinski definition) is 4. The number of quaternary nitrogens is 1. The summed E-state index contributed by atoms with van der Waals surface area (Å²) in [5, 5.41) is 3.57. The molecular formula is C20H24ClN2O4+. The van der Waals surface area contributed by atoms with Gasteiger partial charge in [0.2, 0.25) is 0 Å². The molecule has 6 nitrogen and oxygen atoms in total. The van der Waals surface area contributed by atoms with Crippen molar-refractivity contribution >= 4 is 23.2 Å². The molecule has 2 N–H and O–H groups in total. The van der Waals surface area contributed by atoms with Crippen molar-refractivity contribution in [2.45, 2.75) is 20.1 Å². The van der Waals surface area contributed by atoms with Gasteiger partial charge in [0, 0.05) is 16.3 Å². The maximum absolute atomic E-state index is 12.4. The summed E-state index contributed by atoms with van der Waals surface area (Å²) >= 11 is 6.24. The molecular weight excluding hydrogens is 368 g/mol. The number of halogens is 1. The van der Waals surface area contributed by atoms with E-state index in [4.69, 9.17) is 25.8 Å². The Balaban J connectivity index is 1.65. The van der Waals surface area contributed by atoms with Gasteiger partial charge in [-0.2, -0.15) is 0 Å². The lowest BCUT2D eigenvalue weighted by atomic mass is 10.1. The lowest BCUT2D eigenvalue weighted by molar-refractivity contribution is -0.903. The van der Waals surface area contributed by atoms with E-state index in [0.29, 0.717) is 24.7 Å². The van der Waals surface area contributed by atoms with Crippen LogP contribution in [-0.4, -0.2) is 32.9 Å². The number of nitrogens with one attached hydrogen (secondary N) is 2. The zero-order valence-corrected chi connectivity index (χ0v) is 16.3. The van der Waals surface area contributed by atoms with Crippen molar-refractivity contribution in [2.24, 2.45) is 0 Å². The molecule has 1 atom stereocenters. The fourth-order valence-electron chi connectivity index (χ4n) is 3.08. The van der Waals surface area contributed by atoms with Gasteiger partial charge in [0.05, 0.1) is 25.8 Å². The smallest absolute Gasteiger partial charge is 0.279 e. The van der Waals surface area contributed by atoms with Crippen LogP contribution < -0.4 is 19.7 Å². The van der Waals surface area contributed by atoms with Crippen LogP contribution in [0.15, 0.2) is 36.4 Å². The number of rotatable bonds is 7. The Labute approximate surface area is 164 Å². The van der Waals surface area contributed by atoms with E-state index < -0.39 is 0 Å². The molecule has 27 heavy (non-hydrogen) atoms. The normalized spacial score (nSPS) is 14.0. The van der Waals surface area contributed by atoms with Crippen molar-refractivity contribution in [3.8, 4) is 11.5 Å². The van der Waals surface area contributed by atoms with Gasteiger partial charge in [-0.25, -0.2) is 0 Å². The Morgan fingerprint density at radius 2 is 2.07 bits per heavy atom. The van der Waals surface area contributed by atoms with E-state index in [1.165, 1.54) is 0 Å². The van der Waals surface area contributed by atoms with Gasteiger partial charge < -0.3 is 24.4 Å². The van der Waals surface area contributed by atoms with Gasteiger partial charge in [-0.1, -0.05) is 11.6 Å². The number of hydrogen-bond donors (Lipinski definition) is 2. The molecule has 1 aliphatic heterocycles. The first-order valence-corrected chi connectivity index (χ1v) is 9.26. The molecule has 0 fully saturated rings. The molecule has 0 bridgehead atoms. The molecule has 0 aliphatic carbocycles. The van der Waals surface area contributed by atoms with Crippen LogP contribution >= 0.6 is 11.6 Å². The summed E-state index contributed by atoms with van der Waals surface area (Å²) in [6.07, 6.45) is 0. The number of methoxy groups -OCH3 is 1. The first-order chi connectivity index (χ1) is 13.1. The molecule has 144 valence electrons. The molecule has 2 aromatic rings. The number of carbonyl (C=O) groups excluding carboxylic acids is 1. The Hall–Kier alpha value is -2.28. The highest BCUT2D eigenvalue weighted by molar-refractivity contribution is 6.30. The Bertz CT molecular complexity index is 795. The minimum Gasteiger partial charge on any atom is -0.497 e. The third-order valence-electron chi connectivity index (χ3n) is 4.48. The highest BCUT2D eigenvalue weighted by Gasteiger charge is 2.21. The average molecular weight is 392 g/mol. The van der Waals surface area contributed by atoms with Gasteiger partial charge in [0.1, 0.15) is 18.0 Å². The first kappa shape index (κ1) is 19.5. The lowest BCUT2D eigenvalue weighted by Crippen LogP contribution is -3.11. The van der Waals surface area contributed by atoms with E-state index in [1.807, 2.05) is 36.4 Å². The molecule has 0 spiro atoms. The number of fused-ring (bicyclic) bond motifs is 1. The van der Waals surface area contributed by atoms with Gasteiger partial charge in [0.25, 0.3) is 5.91 Å². The maximum Gasteiger partial charge on any atom is 0.279 e. The summed E-state index contributed by atoms with van der Waals surface area (Å²) in [6, 6.07) is 11.0. The zero-order chi connectivity index (χ0) is 19.2. The predicted octanol–water partition coefficient (Wildman–Crippen LogP) is 2.26. The van der Waals surface area contributed by atoms with Crippen molar-refractivity contribution < 1.29 is 23.9 Å². The third-order valence-corrected chi connectivity index (χ3v) is 4.69. The van der Waals surface area contributed by atoms with Crippen LogP contribution in [0.2, 0.25) is 5.02 Å². The monoisotopic (exact) mass is 391 g/mol. The standard InChI is InChI=1S/C20H23ClN2O4/c1-3-23(11-19(24)22-17-4-6-18(25-2)7-5-17)10-14-8-16(21)9-15-12-26-13-27-20(14)15/h4-9H,3,10-13H2,1-2H3,(H,22,24)/p+1. The summed E-state index contributed by atoms with van der Waals surface area (Å²) < 4.78 is 16.1. The van der Waals surface area contributed by atoms with Crippen LogP contribution in [0.1, 0.15) is 18.1 Å². The summed E-state index contributed by atoms with van der Waals surface area (Å²) in [5.41, 5.74) is 2.69. The number of benzene rings is 2. The average Bonchev–Trinajstić information content (AvgIpc) is 2.67. The largest absolute Gasteiger partial charge is 0.497 e. The summed E-state index contributed by atoms with van der Waals surface area (Å²) in [6.45, 7) is 4.57. The second-order valence-corrected chi connectivity index (χ2v) is 6.83. The van der Waals surface area contributed by atoms with E-state index in [2.05, 4.69) is 12.2 Å². The van der Waals surface area contributed by atoms with Crippen LogP contribution in [0.3, 0.4) is 0 Å². The van der Waals surface area contributed by atoms with Crippen LogP contribution in [0.5, 0.6) is 11.5 Å². The Kier molecular flexibility index (Phi) is 6.55. The summed E-state index contributed by atoms with van der Waals surface area (Å²) in [4.78, 5) is 13.6. The third kappa shape index (κ3) is 5.13. The van der Waals surface area contributed by atoms with Gasteiger partial charge in [-0.3, -0.25) is 4.79 Å². The van der Waals surface area contributed by atoms with E-state index in [9.17, 15) is 4.79 Å². The summed E-state index contributed by atoms with van der Waals surface area (Å²) in [5.74, 6) is 1.54. The second kappa shape index (κ2) is 9.08.